The molecule has 0 aromatic carbocycles. The maximum Gasteiger partial charge on any atom is 0.0693 e. The lowest BCUT2D eigenvalue weighted by Gasteiger charge is -2.25. The molecule has 0 saturated heterocycles. The summed E-state index contributed by atoms with van der Waals surface area (Å²) in [6.45, 7) is 0. The maximum atomic E-state index is 10.0. The third-order valence-corrected chi connectivity index (χ3v) is 4.15. The first kappa shape index (κ1) is 12.3. The predicted molar refractivity (Wildman–Crippen MR) is 64.5 cm³/mol. The van der Waals surface area contributed by atoms with Gasteiger partial charge in [-0.3, -0.25) is 0 Å². The summed E-state index contributed by atoms with van der Waals surface area (Å²) in [5, 5.41) is 13.7. The van der Waals surface area contributed by atoms with Crippen LogP contribution in [-0.4, -0.2) is 36.5 Å². The van der Waals surface area contributed by atoms with Crippen LogP contribution in [0.15, 0.2) is 0 Å². The molecular formula is C13H25NO2. The van der Waals surface area contributed by atoms with Crippen molar-refractivity contribution in [2.24, 2.45) is 0 Å². The van der Waals surface area contributed by atoms with Crippen LogP contribution in [0.4, 0.5) is 0 Å². The SMILES string of the molecule is COC1CCC(NC2CCCCCC2O)C1. The standard InChI is InChI=1S/C13H25NO2/c1-16-11-8-7-10(9-11)14-12-5-3-2-4-6-13(12)15/h10-15H,2-9H2,1H3. The summed E-state index contributed by atoms with van der Waals surface area (Å²) in [6.07, 6.45) is 9.59. The van der Waals surface area contributed by atoms with E-state index >= 15 is 0 Å². The summed E-state index contributed by atoms with van der Waals surface area (Å²) in [5.74, 6) is 0. The number of hydrogen-bond donors (Lipinski definition) is 2. The number of methoxy groups -OCH3 is 1. The Balaban J connectivity index is 1.79. The first-order valence-electron chi connectivity index (χ1n) is 6.76. The molecule has 0 spiro atoms. The van der Waals surface area contributed by atoms with Crippen LogP contribution in [0.2, 0.25) is 0 Å². The second-order valence-corrected chi connectivity index (χ2v) is 5.35. The van der Waals surface area contributed by atoms with Crippen molar-refractivity contribution in [2.45, 2.75) is 75.7 Å². The first-order chi connectivity index (χ1) is 7.79. The van der Waals surface area contributed by atoms with Crippen molar-refractivity contribution in [1.82, 2.24) is 5.32 Å². The summed E-state index contributed by atoms with van der Waals surface area (Å²) in [5.41, 5.74) is 0. The Morgan fingerprint density at radius 2 is 1.88 bits per heavy atom. The average molecular weight is 227 g/mol. The molecule has 94 valence electrons. The van der Waals surface area contributed by atoms with Gasteiger partial charge in [-0.25, -0.2) is 0 Å². The van der Waals surface area contributed by atoms with Gasteiger partial charge in [0.2, 0.25) is 0 Å². The minimum Gasteiger partial charge on any atom is -0.392 e. The molecule has 0 bridgehead atoms. The first-order valence-corrected chi connectivity index (χ1v) is 6.76. The molecule has 4 unspecified atom stereocenters. The molecule has 0 heterocycles. The Hall–Kier alpha value is -0.120. The van der Waals surface area contributed by atoms with Crippen LogP contribution in [0, 0.1) is 0 Å². The van der Waals surface area contributed by atoms with E-state index in [4.69, 9.17) is 4.74 Å². The molecule has 0 aliphatic heterocycles. The monoisotopic (exact) mass is 227 g/mol. The average Bonchev–Trinajstić information content (AvgIpc) is 2.65. The van der Waals surface area contributed by atoms with E-state index < -0.39 is 0 Å². The highest BCUT2D eigenvalue weighted by molar-refractivity contribution is 4.87. The lowest BCUT2D eigenvalue weighted by Crippen LogP contribution is -2.44. The van der Waals surface area contributed by atoms with Crippen LogP contribution < -0.4 is 5.32 Å². The van der Waals surface area contributed by atoms with Gasteiger partial charge in [0, 0.05) is 19.2 Å². The number of aliphatic hydroxyl groups is 1. The number of nitrogens with one attached hydrogen (secondary N) is 1. The van der Waals surface area contributed by atoms with E-state index in [2.05, 4.69) is 5.32 Å². The Morgan fingerprint density at radius 3 is 2.62 bits per heavy atom. The largest absolute Gasteiger partial charge is 0.392 e. The van der Waals surface area contributed by atoms with Gasteiger partial charge in [0.25, 0.3) is 0 Å². The summed E-state index contributed by atoms with van der Waals surface area (Å²) < 4.78 is 5.38. The smallest absolute Gasteiger partial charge is 0.0693 e. The molecular weight excluding hydrogens is 202 g/mol. The Kier molecular flexibility index (Phi) is 4.62. The normalized spacial score (nSPS) is 40.9. The van der Waals surface area contributed by atoms with Crippen molar-refractivity contribution in [3.05, 3.63) is 0 Å². The summed E-state index contributed by atoms with van der Waals surface area (Å²) >= 11 is 0. The summed E-state index contributed by atoms with van der Waals surface area (Å²) in [7, 11) is 1.80. The molecule has 2 N–H and O–H groups in total. The Labute approximate surface area is 98.6 Å². The van der Waals surface area contributed by atoms with Gasteiger partial charge in [-0.2, -0.15) is 0 Å². The van der Waals surface area contributed by atoms with Crippen LogP contribution >= 0.6 is 0 Å². The van der Waals surface area contributed by atoms with E-state index in [-0.39, 0.29) is 6.10 Å². The van der Waals surface area contributed by atoms with Gasteiger partial charge in [-0.1, -0.05) is 19.3 Å². The fraction of sp³-hybridized carbons (Fsp3) is 1.00. The third-order valence-electron chi connectivity index (χ3n) is 4.15. The minimum absolute atomic E-state index is 0.135. The summed E-state index contributed by atoms with van der Waals surface area (Å²) in [6, 6.07) is 0.880. The maximum absolute atomic E-state index is 10.0. The molecule has 0 aromatic heterocycles. The van der Waals surface area contributed by atoms with Crippen LogP contribution in [-0.2, 0) is 4.74 Å². The zero-order valence-electron chi connectivity index (χ0n) is 10.3. The molecule has 0 aromatic rings. The zero-order chi connectivity index (χ0) is 11.4. The van der Waals surface area contributed by atoms with Crippen molar-refractivity contribution in [3.8, 4) is 0 Å². The molecule has 2 rings (SSSR count). The van der Waals surface area contributed by atoms with Gasteiger partial charge in [0.15, 0.2) is 0 Å². The van der Waals surface area contributed by atoms with Crippen LogP contribution in [0.5, 0.6) is 0 Å². The van der Waals surface area contributed by atoms with Crippen molar-refractivity contribution < 1.29 is 9.84 Å². The van der Waals surface area contributed by atoms with E-state index in [1.807, 2.05) is 0 Å². The highest BCUT2D eigenvalue weighted by Gasteiger charge is 2.29. The van der Waals surface area contributed by atoms with E-state index in [1.165, 1.54) is 25.7 Å². The van der Waals surface area contributed by atoms with E-state index in [0.29, 0.717) is 18.2 Å². The minimum atomic E-state index is -0.135. The quantitative estimate of drug-likeness (QED) is 0.723. The third kappa shape index (κ3) is 3.19. The fourth-order valence-corrected chi connectivity index (χ4v) is 3.09. The lowest BCUT2D eigenvalue weighted by atomic mass is 10.0. The van der Waals surface area contributed by atoms with Gasteiger partial charge in [0.1, 0.15) is 0 Å². The second kappa shape index (κ2) is 5.99. The van der Waals surface area contributed by atoms with Gasteiger partial charge in [-0.15, -0.1) is 0 Å². The number of ether oxygens (including phenoxy) is 1. The number of hydrogen-bond acceptors (Lipinski definition) is 3. The molecule has 0 amide bonds. The molecule has 2 aliphatic rings. The van der Waals surface area contributed by atoms with Crippen molar-refractivity contribution in [1.29, 1.82) is 0 Å². The molecule has 2 fully saturated rings. The summed E-state index contributed by atoms with van der Waals surface area (Å²) in [4.78, 5) is 0. The topological polar surface area (TPSA) is 41.5 Å². The van der Waals surface area contributed by atoms with Gasteiger partial charge in [0.05, 0.1) is 12.2 Å². The number of aliphatic hydroxyl groups excluding tert-OH is 1. The Morgan fingerprint density at radius 1 is 1.06 bits per heavy atom. The zero-order valence-corrected chi connectivity index (χ0v) is 10.3. The van der Waals surface area contributed by atoms with Crippen molar-refractivity contribution in [3.63, 3.8) is 0 Å². The van der Waals surface area contributed by atoms with Crippen molar-refractivity contribution in [2.75, 3.05) is 7.11 Å². The molecule has 2 saturated carbocycles. The molecule has 3 nitrogen and oxygen atoms in total. The van der Waals surface area contributed by atoms with Crippen LogP contribution in [0.3, 0.4) is 0 Å². The fourth-order valence-electron chi connectivity index (χ4n) is 3.09. The molecule has 2 aliphatic carbocycles. The highest BCUT2D eigenvalue weighted by atomic mass is 16.5. The lowest BCUT2D eigenvalue weighted by molar-refractivity contribution is 0.0974. The van der Waals surface area contributed by atoms with Gasteiger partial charge >= 0.3 is 0 Å². The molecule has 4 atom stereocenters. The van der Waals surface area contributed by atoms with Gasteiger partial charge < -0.3 is 15.2 Å². The van der Waals surface area contributed by atoms with E-state index in [1.54, 1.807) is 7.11 Å². The number of rotatable bonds is 3. The van der Waals surface area contributed by atoms with E-state index in [9.17, 15) is 5.11 Å². The highest BCUT2D eigenvalue weighted by Crippen LogP contribution is 2.24. The molecule has 3 heteroatoms. The molecule has 0 radical (unpaired) electrons. The Bertz CT molecular complexity index is 210. The second-order valence-electron chi connectivity index (χ2n) is 5.35. The predicted octanol–water partition coefficient (Wildman–Crippen LogP) is 1.84. The van der Waals surface area contributed by atoms with Crippen LogP contribution in [0.1, 0.15) is 51.4 Å². The van der Waals surface area contributed by atoms with Crippen LogP contribution in [0.25, 0.3) is 0 Å². The van der Waals surface area contributed by atoms with Crippen molar-refractivity contribution >= 4 is 0 Å². The van der Waals surface area contributed by atoms with Gasteiger partial charge in [-0.05, 0) is 32.1 Å². The molecule has 16 heavy (non-hydrogen) atoms. The van der Waals surface area contributed by atoms with E-state index in [0.717, 1.165) is 25.7 Å².